The molecule has 0 radical (unpaired) electrons. The van der Waals surface area contributed by atoms with E-state index < -0.39 is 5.97 Å². The molecule has 0 amide bonds. The fourth-order valence-electron chi connectivity index (χ4n) is 2.06. The predicted octanol–water partition coefficient (Wildman–Crippen LogP) is 3.76. The largest absolute Gasteiger partial charge is 0.504 e. The van der Waals surface area contributed by atoms with E-state index in [2.05, 4.69) is 4.98 Å². The first-order valence-electron chi connectivity index (χ1n) is 6.92. The molecule has 1 heterocycles. The highest BCUT2D eigenvalue weighted by Gasteiger charge is 2.15. The van der Waals surface area contributed by atoms with Gasteiger partial charge in [-0.1, -0.05) is 18.2 Å². The molecular weight excluding hydrogens is 330 g/mol. The highest BCUT2D eigenvalue weighted by atomic mass is 32.2. The molecule has 0 bridgehead atoms. The minimum Gasteiger partial charge on any atom is -0.504 e. The van der Waals surface area contributed by atoms with Crippen LogP contribution in [0.2, 0.25) is 0 Å². The fraction of sp³-hybridized carbons (Fsp3) is 0.0588. The summed E-state index contributed by atoms with van der Waals surface area (Å²) in [6, 6.07) is 11.8. The van der Waals surface area contributed by atoms with E-state index in [9.17, 15) is 15.0 Å². The lowest BCUT2D eigenvalue weighted by Gasteiger charge is -2.04. The number of fused-ring (bicyclic) bond motifs is 1. The van der Waals surface area contributed by atoms with Gasteiger partial charge in [0.15, 0.2) is 17.1 Å². The van der Waals surface area contributed by atoms with Gasteiger partial charge in [-0.25, -0.2) is 9.78 Å². The number of carboxylic acids is 1. The summed E-state index contributed by atoms with van der Waals surface area (Å²) in [4.78, 5) is 15.8. The highest BCUT2D eigenvalue weighted by Crippen LogP contribution is 2.32. The molecule has 1 aromatic heterocycles. The summed E-state index contributed by atoms with van der Waals surface area (Å²) in [7, 11) is 1.42. The van der Waals surface area contributed by atoms with Gasteiger partial charge in [-0.3, -0.25) is 0 Å². The van der Waals surface area contributed by atoms with E-state index in [-0.39, 0.29) is 21.6 Å². The molecule has 0 aliphatic rings. The van der Waals surface area contributed by atoms with Gasteiger partial charge in [0.2, 0.25) is 0 Å². The number of nitrogens with zero attached hydrogens (tertiary/aromatic N) is 1. The zero-order valence-electron chi connectivity index (χ0n) is 12.6. The fourth-order valence-corrected chi connectivity index (χ4v) is 2.80. The maximum Gasteiger partial charge on any atom is 0.342 e. The molecular formula is C17H13NO5S. The number of rotatable bonds is 5. The van der Waals surface area contributed by atoms with Gasteiger partial charge in [-0.2, -0.15) is 0 Å². The summed E-state index contributed by atoms with van der Waals surface area (Å²) in [5, 5.41) is 19.3. The summed E-state index contributed by atoms with van der Waals surface area (Å²) < 4.78 is 10.6. The molecule has 3 rings (SSSR count). The second-order valence-electron chi connectivity index (χ2n) is 4.79. The van der Waals surface area contributed by atoms with Crippen molar-refractivity contribution in [2.45, 2.75) is 5.22 Å². The molecule has 0 saturated heterocycles. The average molecular weight is 343 g/mol. The topological polar surface area (TPSA) is 92.8 Å². The van der Waals surface area contributed by atoms with Crippen LogP contribution in [-0.2, 0) is 4.79 Å². The molecule has 0 spiro atoms. The number of oxazole rings is 1. The van der Waals surface area contributed by atoms with Crippen LogP contribution in [-0.4, -0.2) is 28.3 Å². The van der Waals surface area contributed by atoms with Crippen molar-refractivity contribution < 1.29 is 24.2 Å². The van der Waals surface area contributed by atoms with Crippen LogP contribution >= 0.6 is 11.8 Å². The predicted molar refractivity (Wildman–Crippen MR) is 90.1 cm³/mol. The van der Waals surface area contributed by atoms with Gasteiger partial charge >= 0.3 is 5.97 Å². The zero-order valence-corrected chi connectivity index (χ0v) is 13.4. The van der Waals surface area contributed by atoms with Gasteiger partial charge in [0, 0.05) is 0 Å². The minimum absolute atomic E-state index is 0.0156. The molecule has 0 atom stereocenters. The lowest BCUT2D eigenvalue weighted by molar-refractivity contribution is -0.131. The van der Waals surface area contributed by atoms with Gasteiger partial charge in [-0.05, 0) is 47.7 Å². The molecule has 122 valence electrons. The Morgan fingerprint density at radius 2 is 2.08 bits per heavy atom. The van der Waals surface area contributed by atoms with Crippen LogP contribution in [0.15, 0.2) is 57.0 Å². The number of aromatic nitrogens is 1. The van der Waals surface area contributed by atoms with Crippen molar-refractivity contribution >= 4 is 34.9 Å². The standard InChI is InChI=1S/C17H13NO5S/c1-22-14-8-10(6-7-12(14)19)9-15(16(20)21)24-17-18-11-4-2-3-5-13(11)23-17/h2-9,19H,1H3,(H,20,21)/b15-9-. The smallest absolute Gasteiger partial charge is 0.342 e. The highest BCUT2D eigenvalue weighted by molar-refractivity contribution is 8.03. The normalized spacial score (nSPS) is 11.6. The first kappa shape index (κ1) is 15.9. The molecule has 6 nitrogen and oxygen atoms in total. The Balaban J connectivity index is 1.93. The van der Waals surface area contributed by atoms with Crippen LogP contribution in [0.5, 0.6) is 11.5 Å². The van der Waals surface area contributed by atoms with Crippen molar-refractivity contribution in [1.82, 2.24) is 4.98 Å². The molecule has 2 N–H and O–H groups in total. The number of carboxylic acid groups (broad SMARTS) is 1. The second kappa shape index (κ2) is 6.67. The molecule has 24 heavy (non-hydrogen) atoms. The van der Waals surface area contributed by atoms with E-state index in [0.717, 1.165) is 11.8 Å². The number of ether oxygens (including phenoxy) is 1. The van der Waals surface area contributed by atoms with E-state index >= 15 is 0 Å². The monoisotopic (exact) mass is 343 g/mol. The number of carbonyl (C=O) groups is 1. The van der Waals surface area contributed by atoms with Crippen molar-refractivity contribution in [3.8, 4) is 11.5 Å². The maximum absolute atomic E-state index is 11.5. The summed E-state index contributed by atoms with van der Waals surface area (Å²) in [5.41, 5.74) is 1.83. The Morgan fingerprint density at radius 3 is 2.79 bits per heavy atom. The molecule has 3 aromatic rings. The lowest BCUT2D eigenvalue weighted by Crippen LogP contribution is -1.97. The van der Waals surface area contributed by atoms with Gasteiger partial charge in [0.25, 0.3) is 5.22 Å². The Kier molecular flexibility index (Phi) is 4.43. The van der Waals surface area contributed by atoms with Crippen LogP contribution < -0.4 is 4.74 Å². The third kappa shape index (κ3) is 3.36. The number of benzene rings is 2. The number of phenols is 1. The molecule has 2 aromatic carbocycles. The van der Waals surface area contributed by atoms with Crippen LogP contribution in [0.1, 0.15) is 5.56 Å². The maximum atomic E-state index is 11.5. The number of methoxy groups -OCH3 is 1. The number of hydrogen-bond acceptors (Lipinski definition) is 6. The Bertz CT molecular complexity index is 899. The molecule has 0 saturated carbocycles. The minimum atomic E-state index is -1.10. The van der Waals surface area contributed by atoms with Crippen molar-refractivity contribution in [3.63, 3.8) is 0 Å². The van der Waals surface area contributed by atoms with Crippen LogP contribution in [0.25, 0.3) is 17.2 Å². The SMILES string of the molecule is COc1cc(/C=C(\Sc2nc3ccccc3o2)C(=O)O)ccc1O. The van der Waals surface area contributed by atoms with Crippen molar-refractivity contribution in [2.24, 2.45) is 0 Å². The summed E-state index contributed by atoms with van der Waals surface area (Å²) >= 11 is 0.916. The molecule has 0 unspecified atom stereocenters. The Hall–Kier alpha value is -2.93. The van der Waals surface area contributed by atoms with Crippen LogP contribution in [0.4, 0.5) is 0 Å². The van der Waals surface area contributed by atoms with Crippen LogP contribution in [0.3, 0.4) is 0 Å². The lowest BCUT2D eigenvalue weighted by atomic mass is 10.2. The number of hydrogen-bond donors (Lipinski definition) is 2. The van der Waals surface area contributed by atoms with Crippen LogP contribution in [0, 0.1) is 0 Å². The van der Waals surface area contributed by atoms with Gasteiger partial charge < -0.3 is 19.4 Å². The van der Waals surface area contributed by atoms with Crippen molar-refractivity contribution in [1.29, 1.82) is 0 Å². The summed E-state index contributed by atoms with van der Waals surface area (Å²) in [6.07, 6.45) is 1.46. The van der Waals surface area contributed by atoms with Crippen molar-refractivity contribution in [2.75, 3.05) is 7.11 Å². The third-order valence-corrected chi connectivity index (χ3v) is 4.05. The van der Waals surface area contributed by atoms with E-state index in [4.69, 9.17) is 9.15 Å². The van der Waals surface area contributed by atoms with Gasteiger partial charge in [-0.15, -0.1) is 0 Å². The molecule has 0 aliphatic carbocycles. The Morgan fingerprint density at radius 1 is 1.29 bits per heavy atom. The number of aliphatic carboxylic acids is 1. The quantitative estimate of drug-likeness (QED) is 0.538. The molecule has 0 fully saturated rings. The average Bonchev–Trinajstić information content (AvgIpc) is 2.98. The number of aromatic hydroxyl groups is 1. The van der Waals surface area contributed by atoms with E-state index in [1.54, 1.807) is 24.3 Å². The third-order valence-electron chi connectivity index (χ3n) is 3.18. The van der Waals surface area contributed by atoms with Crippen molar-refractivity contribution in [3.05, 3.63) is 52.9 Å². The van der Waals surface area contributed by atoms with E-state index in [1.165, 1.54) is 19.3 Å². The number of phenolic OH excluding ortho intramolecular Hbond substituents is 1. The number of thioether (sulfide) groups is 1. The van der Waals surface area contributed by atoms with Gasteiger partial charge in [0.05, 0.1) is 7.11 Å². The first-order chi connectivity index (χ1) is 11.6. The van der Waals surface area contributed by atoms with E-state index in [0.29, 0.717) is 16.7 Å². The summed E-state index contributed by atoms with van der Waals surface area (Å²) in [5.74, 6) is -0.854. The number of para-hydroxylation sites is 2. The summed E-state index contributed by atoms with van der Waals surface area (Å²) in [6.45, 7) is 0. The first-order valence-corrected chi connectivity index (χ1v) is 7.74. The molecule has 7 heteroatoms. The zero-order chi connectivity index (χ0) is 17.1. The van der Waals surface area contributed by atoms with Gasteiger partial charge in [0.1, 0.15) is 10.4 Å². The van der Waals surface area contributed by atoms with E-state index in [1.807, 2.05) is 12.1 Å². The Labute approximate surface area is 141 Å². The molecule has 0 aliphatic heterocycles. The second-order valence-corrected chi connectivity index (χ2v) is 5.79.